The number of Topliss-reactive ketones (excluding diaryl/α,β-unsaturated/α-hetero) is 1. The fraction of sp³-hybridized carbons (Fsp3) is 0.192. The minimum Gasteiger partial charge on any atom is -0.298 e. The third kappa shape index (κ3) is 4.09. The molecule has 0 unspecified atom stereocenters. The van der Waals surface area contributed by atoms with E-state index < -0.39 is 0 Å². The zero-order valence-corrected chi connectivity index (χ0v) is 16.5. The van der Waals surface area contributed by atoms with Crippen LogP contribution in [0.5, 0.6) is 0 Å². The Hall–Kier alpha value is -3.33. The molecule has 0 saturated heterocycles. The molecule has 2 aromatic carbocycles. The monoisotopic (exact) mass is 381 g/mol. The average Bonchev–Trinajstić information content (AvgIpc) is 3.36. The van der Waals surface area contributed by atoms with Gasteiger partial charge in [0.2, 0.25) is 0 Å². The normalized spacial score (nSPS) is 11.1. The summed E-state index contributed by atoms with van der Waals surface area (Å²) in [4.78, 5) is 28.7. The molecule has 3 aromatic rings. The number of benzene rings is 3. The fourth-order valence-corrected chi connectivity index (χ4v) is 3.61. The Bertz CT molecular complexity index is 1190. The molecule has 0 spiro atoms. The zero-order valence-electron chi connectivity index (χ0n) is 16.5. The van der Waals surface area contributed by atoms with Gasteiger partial charge >= 0.3 is 0 Å². The van der Waals surface area contributed by atoms with Crippen molar-refractivity contribution in [3.05, 3.63) is 77.9 Å². The smallest absolute Gasteiger partial charge is 0.164 e. The van der Waals surface area contributed by atoms with E-state index in [1.54, 1.807) is 6.07 Å². The lowest BCUT2D eigenvalue weighted by atomic mass is 9.95. The molecule has 29 heavy (non-hydrogen) atoms. The number of aromatic nitrogens is 1. The van der Waals surface area contributed by atoms with Gasteiger partial charge < -0.3 is 0 Å². The van der Waals surface area contributed by atoms with Crippen molar-refractivity contribution in [2.75, 3.05) is 0 Å². The van der Waals surface area contributed by atoms with E-state index in [-0.39, 0.29) is 5.78 Å². The topological polar surface area (TPSA) is 47.0 Å². The maximum atomic E-state index is 12.7. The Morgan fingerprint density at radius 3 is 2.34 bits per heavy atom. The van der Waals surface area contributed by atoms with Crippen LogP contribution in [-0.2, 0) is 0 Å². The molecule has 3 heteroatoms. The first-order chi connectivity index (χ1) is 14.2. The van der Waals surface area contributed by atoms with Crippen LogP contribution in [0.3, 0.4) is 0 Å². The minimum atomic E-state index is 0.0308. The van der Waals surface area contributed by atoms with Gasteiger partial charge in [0, 0.05) is 28.3 Å². The van der Waals surface area contributed by atoms with Gasteiger partial charge in [-0.25, -0.2) is 4.98 Å². The van der Waals surface area contributed by atoms with Gasteiger partial charge in [0.15, 0.2) is 12.1 Å². The second-order valence-corrected chi connectivity index (χ2v) is 7.36. The Morgan fingerprint density at radius 1 is 0.897 bits per heavy atom. The quantitative estimate of drug-likeness (QED) is 0.143. The number of hydrogen-bond acceptors (Lipinski definition) is 3. The maximum absolute atomic E-state index is 12.7. The molecule has 5 rings (SSSR count). The van der Waals surface area contributed by atoms with Crippen LogP contribution in [0.2, 0.25) is 0 Å². The van der Waals surface area contributed by atoms with Crippen LogP contribution in [0.25, 0.3) is 32.9 Å². The van der Waals surface area contributed by atoms with Crippen molar-refractivity contribution < 1.29 is 9.59 Å². The minimum absolute atomic E-state index is 0.0308. The van der Waals surface area contributed by atoms with Crippen LogP contribution < -0.4 is 0 Å². The fourth-order valence-electron chi connectivity index (χ4n) is 3.61. The van der Waals surface area contributed by atoms with Crippen molar-refractivity contribution in [3.63, 3.8) is 0 Å². The summed E-state index contributed by atoms with van der Waals surface area (Å²) in [6.45, 7) is 2.11. The summed E-state index contributed by atoms with van der Waals surface area (Å²) < 4.78 is 0. The summed E-state index contributed by atoms with van der Waals surface area (Å²) in [6.07, 6.45) is 4.18. The third-order valence-corrected chi connectivity index (χ3v) is 5.26. The molecule has 3 nitrogen and oxygen atoms in total. The standard InChI is InChI=1S/C20H19NO2.C6H4/c1-2-3-4-9-19(23)20-15(13-22)10-11-18-16(20)12-14-7-5-6-8-17(14)21-18;1-2-5-4-6(5)3-1/h5-8,10-13H,2-4,9H2,1H3;1-4H. The average molecular weight is 381 g/mol. The number of unbranched alkanes of at least 4 members (excludes halogenated alkanes) is 2. The lowest BCUT2D eigenvalue weighted by Gasteiger charge is -2.10. The zero-order chi connectivity index (χ0) is 20.2. The molecule has 0 fully saturated rings. The van der Waals surface area contributed by atoms with E-state index in [2.05, 4.69) is 36.2 Å². The molecule has 1 heterocycles. The number of hydrogen-bond donors (Lipinski definition) is 0. The van der Waals surface area contributed by atoms with Gasteiger partial charge in [-0.2, -0.15) is 0 Å². The Morgan fingerprint density at radius 2 is 1.69 bits per heavy atom. The first kappa shape index (κ1) is 19.0. The van der Waals surface area contributed by atoms with Crippen LogP contribution in [-0.4, -0.2) is 17.1 Å². The number of carbonyl (C=O) groups excluding carboxylic acids is 2. The van der Waals surface area contributed by atoms with E-state index in [1.807, 2.05) is 36.4 Å². The molecular weight excluding hydrogens is 358 g/mol. The summed E-state index contributed by atoms with van der Waals surface area (Å²) in [7, 11) is 0. The van der Waals surface area contributed by atoms with Gasteiger partial charge in [-0.15, -0.1) is 0 Å². The van der Waals surface area contributed by atoms with E-state index in [0.29, 0.717) is 17.5 Å². The van der Waals surface area contributed by atoms with E-state index in [0.717, 1.165) is 47.4 Å². The molecule has 0 N–H and O–H groups in total. The molecule has 0 aliphatic heterocycles. The third-order valence-electron chi connectivity index (χ3n) is 5.26. The molecule has 2 aliphatic rings. The summed E-state index contributed by atoms with van der Waals surface area (Å²) in [6, 6.07) is 21.8. The largest absolute Gasteiger partial charge is 0.298 e. The number of ketones is 1. The molecule has 0 amide bonds. The lowest BCUT2D eigenvalue weighted by molar-refractivity contribution is 0.0974. The van der Waals surface area contributed by atoms with E-state index in [1.165, 1.54) is 11.1 Å². The molecule has 0 saturated carbocycles. The number of fused-ring (bicyclic) bond motifs is 3. The Kier molecular flexibility index (Phi) is 5.48. The SMILES string of the molecule is CCCCCC(=O)c1c(C=O)ccc2nc3ccccc3cc12.c1cc2cc-2c1. The Balaban J connectivity index is 0.000000286. The summed E-state index contributed by atoms with van der Waals surface area (Å²) in [5.74, 6) is 0.0308. The molecule has 0 bridgehead atoms. The van der Waals surface area contributed by atoms with Crippen molar-refractivity contribution in [3.8, 4) is 11.1 Å². The summed E-state index contributed by atoms with van der Waals surface area (Å²) >= 11 is 0. The van der Waals surface area contributed by atoms with Crippen molar-refractivity contribution in [2.24, 2.45) is 0 Å². The molecule has 2 aliphatic carbocycles. The predicted molar refractivity (Wildman–Crippen MR) is 119 cm³/mol. The van der Waals surface area contributed by atoms with Gasteiger partial charge in [0.25, 0.3) is 0 Å². The highest BCUT2D eigenvalue weighted by Gasteiger charge is 2.16. The van der Waals surface area contributed by atoms with Gasteiger partial charge in [-0.05, 0) is 47.9 Å². The number of pyridine rings is 1. The van der Waals surface area contributed by atoms with Gasteiger partial charge in [-0.3, -0.25) is 9.59 Å². The van der Waals surface area contributed by atoms with Crippen LogP contribution in [0.15, 0.2) is 66.7 Å². The predicted octanol–water partition coefficient (Wildman–Crippen LogP) is 6.63. The van der Waals surface area contributed by atoms with Crippen molar-refractivity contribution in [2.45, 2.75) is 32.6 Å². The van der Waals surface area contributed by atoms with E-state index >= 15 is 0 Å². The van der Waals surface area contributed by atoms with Gasteiger partial charge in [0.05, 0.1) is 11.0 Å². The van der Waals surface area contributed by atoms with Crippen LogP contribution >= 0.6 is 0 Å². The number of para-hydroxylation sites is 1. The van der Waals surface area contributed by atoms with E-state index in [9.17, 15) is 9.59 Å². The first-order valence-electron chi connectivity index (χ1n) is 10.1. The highest BCUT2D eigenvalue weighted by molar-refractivity contribution is 6.14. The number of carbonyl (C=O) groups is 2. The summed E-state index contributed by atoms with van der Waals surface area (Å²) in [5.41, 5.74) is 5.48. The van der Waals surface area contributed by atoms with Crippen molar-refractivity contribution >= 4 is 33.9 Å². The van der Waals surface area contributed by atoms with E-state index in [4.69, 9.17) is 0 Å². The molecule has 1 aromatic heterocycles. The number of rotatable bonds is 6. The molecule has 144 valence electrons. The van der Waals surface area contributed by atoms with Crippen LogP contribution in [0, 0.1) is 0 Å². The second-order valence-electron chi connectivity index (χ2n) is 7.36. The number of aldehydes is 1. The highest BCUT2D eigenvalue weighted by atomic mass is 16.1. The molecule has 0 atom stereocenters. The lowest BCUT2D eigenvalue weighted by Crippen LogP contribution is -2.05. The van der Waals surface area contributed by atoms with Crippen LogP contribution in [0.4, 0.5) is 0 Å². The number of nitrogens with zero attached hydrogens (tertiary/aromatic N) is 1. The summed E-state index contributed by atoms with van der Waals surface area (Å²) in [5, 5.41) is 1.75. The highest BCUT2D eigenvalue weighted by Crippen LogP contribution is 2.32. The van der Waals surface area contributed by atoms with Crippen LogP contribution in [0.1, 0.15) is 53.3 Å². The van der Waals surface area contributed by atoms with Crippen molar-refractivity contribution in [1.82, 2.24) is 4.98 Å². The van der Waals surface area contributed by atoms with Gasteiger partial charge in [0.1, 0.15) is 0 Å². The van der Waals surface area contributed by atoms with Gasteiger partial charge in [-0.1, -0.05) is 56.2 Å². The second kappa shape index (κ2) is 8.36. The molecule has 0 radical (unpaired) electrons. The Labute approximate surface area is 170 Å². The van der Waals surface area contributed by atoms with Crippen molar-refractivity contribution in [1.29, 1.82) is 0 Å². The molecular formula is C26H23NO2. The first-order valence-corrected chi connectivity index (χ1v) is 10.1. The maximum Gasteiger partial charge on any atom is 0.164 e.